The minimum absolute atomic E-state index is 0.158. The van der Waals surface area contributed by atoms with Gasteiger partial charge in [-0.3, -0.25) is 9.48 Å². The van der Waals surface area contributed by atoms with E-state index in [4.69, 9.17) is 0 Å². The van der Waals surface area contributed by atoms with E-state index >= 15 is 0 Å². The molecule has 0 aliphatic heterocycles. The molecule has 0 radical (unpaired) electrons. The first-order valence-electron chi connectivity index (χ1n) is 6.59. The van der Waals surface area contributed by atoms with Crippen LogP contribution in [0.1, 0.15) is 48.8 Å². The Morgan fingerprint density at radius 1 is 1.26 bits per heavy atom. The summed E-state index contributed by atoms with van der Waals surface area (Å²) in [6.45, 7) is 4.15. The molecular formula is C14H16N4O. The lowest BCUT2D eigenvalue weighted by Gasteiger charge is -2.13. The van der Waals surface area contributed by atoms with Crippen molar-refractivity contribution in [3.05, 3.63) is 29.8 Å². The first-order valence-corrected chi connectivity index (χ1v) is 6.59. The fourth-order valence-electron chi connectivity index (χ4n) is 2.27. The Kier molecular flexibility index (Phi) is 2.89. The highest BCUT2D eigenvalue weighted by molar-refractivity contribution is 5.97. The molecule has 0 atom stereocenters. The molecule has 0 fully saturated rings. The van der Waals surface area contributed by atoms with Gasteiger partial charge in [0.05, 0.1) is 23.0 Å². The van der Waals surface area contributed by atoms with E-state index in [2.05, 4.69) is 28.9 Å². The van der Waals surface area contributed by atoms with E-state index in [9.17, 15) is 4.79 Å². The third kappa shape index (κ3) is 2.16. The quantitative estimate of drug-likeness (QED) is 0.828. The van der Waals surface area contributed by atoms with Crippen LogP contribution < -0.4 is 0 Å². The third-order valence-corrected chi connectivity index (χ3v) is 3.37. The first kappa shape index (κ1) is 12.0. The monoisotopic (exact) mass is 256 g/mol. The molecule has 0 N–H and O–H groups in total. The number of carbonyl (C=O) groups excluding carboxylic acids is 1. The van der Waals surface area contributed by atoms with Crippen molar-refractivity contribution in [1.82, 2.24) is 19.7 Å². The van der Waals surface area contributed by atoms with Crippen LogP contribution in [-0.2, 0) is 6.42 Å². The number of fused-ring (bicyclic) bond motifs is 1. The zero-order valence-corrected chi connectivity index (χ0v) is 11.1. The molecule has 1 aliphatic rings. The Bertz CT molecular complexity index is 630. The summed E-state index contributed by atoms with van der Waals surface area (Å²) >= 11 is 0. The fourth-order valence-corrected chi connectivity index (χ4v) is 2.27. The standard InChI is InChI=1S/C14H16N4O/c1-9(2)18-8-10(6-16-18)14-15-7-11-12(17-14)4-3-5-13(11)19/h6-9H,3-5H2,1-2H3. The zero-order valence-electron chi connectivity index (χ0n) is 11.1. The minimum atomic E-state index is 0.158. The summed E-state index contributed by atoms with van der Waals surface area (Å²) in [7, 11) is 0. The molecule has 3 rings (SSSR count). The van der Waals surface area contributed by atoms with Gasteiger partial charge >= 0.3 is 0 Å². The second kappa shape index (κ2) is 4.57. The summed E-state index contributed by atoms with van der Waals surface area (Å²) in [5, 5.41) is 4.29. The lowest BCUT2D eigenvalue weighted by Crippen LogP contribution is -2.13. The normalized spacial score (nSPS) is 14.8. The highest BCUT2D eigenvalue weighted by atomic mass is 16.1. The van der Waals surface area contributed by atoms with Crippen molar-refractivity contribution in [2.45, 2.75) is 39.2 Å². The molecule has 0 bridgehead atoms. The lowest BCUT2D eigenvalue weighted by molar-refractivity contribution is 0.0971. The number of Topliss-reactive ketones (excluding diaryl/α,β-unsaturated/α-hetero) is 1. The molecular weight excluding hydrogens is 240 g/mol. The molecule has 0 unspecified atom stereocenters. The summed E-state index contributed by atoms with van der Waals surface area (Å²) in [6, 6.07) is 0.313. The van der Waals surface area contributed by atoms with Crippen molar-refractivity contribution in [3.8, 4) is 11.4 Å². The van der Waals surface area contributed by atoms with Gasteiger partial charge in [0.25, 0.3) is 0 Å². The van der Waals surface area contributed by atoms with Gasteiger partial charge < -0.3 is 0 Å². The smallest absolute Gasteiger partial charge is 0.166 e. The van der Waals surface area contributed by atoms with E-state index in [1.165, 1.54) is 0 Å². The van der Waals surface area contributed by atoms with E-state index in [0.29, 0.717) is 23.9 Å². The van der Waals surface area contributed by atoms with Gasteiger partial charge in [-0.25, -0.2) is 9.97 Å². The molecule has 2 heterocycles. The highest BCUT2D eigenvalue weighted by Gasteiger charge is 2.20. The number of rotatable bonds is 2. The molecule has 1 aliphatic carbocycles. The molecule has 19 heavy (non-hydrogen) atoms. The van der Waals surface area contributed by atoms with Gasteiger partial charge in [-0.05, 0) is 26.7 Å². The number of hydrogen-bond donors (Lipinski definition) is 0. The van der Waals surface area contributed by atoms with Crippen LogP contribution in [0.3, 0.4) is 0 Å². The maximum Gasteiger partial charge on any atom is 0.166 e. The predicted octanol–water partition coefficient (Wildman–Crippen LogP) is 2.44. The summed E-state index contributed by atoms with van der Waals surface area (Å²) in [6.07, 6.45) is 7.72. The van der Waals surface area contributed by atoms with E-state index in [1.807, 2.05) is 10.9 Å². The van der Waals surface area contributed by atoms with Gasteiger partial charge in [-0.15, -0.1) is 0 Å². The summed E-state index contributed by atoms with van der Waals surface area (Å²) in [4.78, 5) is 20.6. The van der Waals surface area contributed by atoms with Gasteiger partial charge in [0.2, 0.25) is 0 Å². The average Bonchev–Trinajstić information content (AvgIpc) is 2.88. The molecule has 5 heteroatoms. The Balaban J connectivity index is 1.99. The SMILES string of the molecule is CC(C)n1cc(-c2ncc3c(n2)CCCC3=O)cn1. The Labute approximate surface area is 111 Å². The first-order chi connectivity index (χ1) is 9.15. The van der Waals surface area contributed by atoms with Gasteiger partial charge in [-0.1, -0.05) is 0 Å². The Morgan fingerprint density at radius 3 is 2.84 bits per heavy atom. The molecule has 0 amide bonds. The number of hydrogen-bond acceptors (Lipinski definition) is 4. The summed E-state index contributed by atoms with van der Waals surface area (Å²) < 4.78 is 1.88. The molecule has 0 aromatic carbocycles. The molecule has 2 aromatic rings. The van der Waals surface area contributed by atoms with Crippen LogP contribution in [0.15, 0.2) is 18.6 Å². The largest absolute Gasteiger partial charge is 0.294 e. The van der Waals surface area contributed by atoms with E-state index in [1.54, 1.807) is 12.4 Å². The van der Waals surface area contributed by atoms with Crippen molar-refractivity contribution in [3.63, 3.8) is 0 Å². The van der Waals surface area contributed by atoms with Crippen molar-refractivity contribution >= 4 is 5.78 Å². The second-order valence-electron chi connectivity index (χ2n) is 5.13. The number of nitrogens with zero attached hydrogens (tertiary/aromatic N) is 4. The van der Waals surface area contributed by atoms with Gasteiger partial charge in [0, 0.05) is 24.9 Å². The van der Waals surface area contributed by atoms with Crippen LogP contribution in [0.25, 0.3) is 11.4 Å². The fraction of sp³-hybridized carbons (Fsp3) is 0.429. The molecule has 0 spiro atoms. The van der Waals surface area contributed by atoms with Crippen LogP contribution >= 0.6 is 0 Å². The summed E-state index contributed by atoms with van der Waals surface area (Å²) in [5.41, 5.74) is 2.46. The second-order valence-corrected chi connectivity index (χ2v) is 5.13. The molecule has 98 valence electrons. The van der Waals surface area contributed by atoms with Crippen LogP contribution in [-0.4, -0.2) is 25.5 Å². The number of carbonyl (C=O) groups is 1. The number of aromatic nitrogens is 4. The summed E-state index contributed by atoms with van der Waals surface area (Å²) in [5.74, 6) is 0.811. The number of ketones is 1. The van der Waals surface area contributed by atoms with Crippen molar-refractivity contribution in [1.29, 1.82) is 0 Å². The van der Waals surface area contributed by atoms with Crippen molar-refractivity contribution < 1.29 is 4.79 Å². The van der Waals surface area contributed by atoms with Crippen molar-refractivity contribution in [2.75, 3.05) is 0 Å². The maximum atomic E-state index is 11.7. The molecule has 5 nitrogen and oxygen atoms in total. The topological polar surface area (TPSA) is 60.7 Å². The Morgan fingerprint density at radius 2 is 2.11 bits per heavy atom. The van der Waals surface area contributed by atoms with Gasteiger partial charge in [0.1, 0.15) is 0 Å². The Hall–Kier alpha value is -2.04. The minimum Gasteiger partial charge on any atom is -0.294 e. The average molecular weight is 256 g/mol. The molecule has 0 saturated carbocycles. The van der Waals surface area contributed by atoms with E-state index < -0.39 is 0 Å². The maximum absolute atomic E-state index is 11.7. The number of aryl methyl sites for hydroxylation is 1. The van der Waals surface area contributed by atoms with Gasteiger partial charge in [0.15, 0.2) is 11.6 Å². The van der Waals surface area contributed by atoms with Crippen LogP contribution in [0.2, 0.25) is 0 Å². The van der Waals surface area contributed by atoms with Gasteiger partial charge in [-0.2, -0.15) is 5.10 Å². The molecule has 0 saturated heterocycles. The molecule has 2 aromatic heterocycles. The van der Waals surface area contributed by atoms with Crippen LogP contribution in [0, 0.1) is 0 Å². The zero-order chi connectivity index (χ0) is 13.4. The highest BCUT2D eigenvalue weighted by Crippen LogP contribution is 2.22. The predicted molar refractivity (Wildman–Crippen MR) is 70.9 cm³/mol. The van der Waals surface area contributed by atoms with Crippen molar-refractivity contribution in [2.24, 2.45) is 0 Å². The van der Waals surface area contributed by atoms with Crippen LogP contribution in [0.5, 0.6) is 0 Å². The third-order valence-electron chi connectivity index (χ3n) is 3.37. The lowest BCUT2D eigenvalue weighted by atomic mass is 9.96. The van der Waals surface area contributed by atoms with E-state index in [-0.39, 0.29) is 5.78 Å². The van der Waals surface area contributed by atoms with E-state index in [0.717, 1.165) is 24.1 Å². The van der Waals surface area contributed by atoms with Crippen LogP contribution in [0.4, 0.5) is 0 Å².